The van der Waals surface area contributed by atoms with Gasteiger partial charge in [-0.25, -0.2) is 0 Å². The number of nitrogens with one attached hydrogen (secondary N) is 1. The number of rotatable bonds is 2. The highest BCUT2D eigenvalue weighted by Gasteiger charge is 1.79. The predicted octanol–water partition coefficient (Wildman–Crippen LogP) is 2.02. The summed E-state index contributed by atoms with van der Waals surface area (Å²) in [6, 6.07) is 0. The van der Waals surface area contributed by atoms with E-state index < -0.39 is 0 Å². The first-order chi connectivity index (χ1) is 4.16. The van der Waals surface area contributed by atoms with Gasteiger partial charge in [0.25, 0.3) is 0 Å². The molecule has 0 aromatic rings. The van der Waals surface area contributed by atoms with E-state index in [0.29, 0.717) is 0 Å². The fourth-order valence-corrected chi connectivity index (χ4v) is 0.511. The SMILES string of the molecule is CC(C)=N/C(C)=C\C=N. The number of hydrogen-bond acceptors (Lipinski definition) is 2. The van der Waals surface area contributed by atoms with Crippen molar-refractivity contribution < 1.29 is 0 Å². The van der Waals surface area contributed by atoms with Crippen molar-refractivity contribution in [2.45, 2.75) is 20.8 Å². The summed E-state index contributed by atoms with van der Waals surface area (Å²) in [5.74, 6) is 0. The highest BCUT2D eigenvalue weighted by Crippen LogP contribution is 1.92. The molecule has 2 heteroatoms. The van der Waals surface area contributed by atoms with E-state index in [4.69, 9.17) is 5.41 Å². The molecule has 0 rings (SSSR count). The third-order valence-electron chi connectivity index (χ3n) is 0.724. The van der Waals surface area contributed by atoms with Gasteiger partial charge in [0.1, 0.15) is 0 Å². The Bertz CT molecular complexity index is 150. The van der Waals surface area contributed by atoms with E-state index in [1.165, 1.54) is 6.21 Å². The Labute approximate surface area is 55.8 Å². The molecule has 0 aliphatic heterocycles. The predicted molar refractivity (Wildman–Crippen MR) is 41.3 cm³/mol. The highest BCUT2D eigenvalue weighted by molar-refractivity contribution is 5.80. The zero-order valence-corrected chi connectivity index (χ0v) is 6.10. The minimum Gasteiger partial charge on any atom is -0.309 e. The summed E-state index contributed by atoms with van der Waals surface area (Å²) in [5, 5.41) is 6.71. The largest absolute Gasteiger partial charge is 0.309 e. The maximum atomic E-state index is 6.71. The van der Waals surface area contributed by atoms with Crippen LogP contribution in [0.15, 0.2) is 16.8 Å². The van der Waals surface area contributed by atoms with Gasteiger partial charge in [-0.15, -0.1) is 0 Å². The van der Waals surface area contributed by atoms with Crippen LogP contribution in [0.3, 0.4) is 0 Å². The Balaban J connectivity index is 4.05. The summed E-state index contributed by atoms with van der Waals surface area (Å²) in [4.78, 5) is 4.09. The fourth-order valence-electron chi connectivity index (χ4n) is 0.511. The van der Waals surface area contributed by atoms with Gasteiger partial charge in [-0.2, -0.15) is 0 Å². The molecule has 0 aliphatic carbocycles. The van der Waals surface area contributed by atoms with Crippen LogP contribution in [-0.2, 0) is 0 Å². The molecule has 1 N–H and O–H groups in total. The fraction of sp³-hybridized carbons (Fsp3) is 0.429. The lowest BCUT2D eigenvalue weighted by Crippen LogP contribution is -1.80. The maximum absolute atomic E-state index is 6.71. The van der Waals surface area contributed by atoms with Crippen LogP contribution in [0.4, 0.5) is 0 Å². The molecular weight excluding hydrogens is 112 g/mol. The van der Waals surface area contributed by atoms with Gasteiger partial charge in [0.15, 0.2) is 0 Å². The number of nitrogens with zero attached hydrogens (tertiary/aromatic N) is 1. The van der Waals surface area contributed by atoms with Crippen LogP contribution in [0.2, 0.25) is 0 Å². The normalized spacial score (nSPS) is 10.8. The second-order valence-electron chi connectivity index (χ2n) is 2.03. The molecule has 0 amide bonds. The van der Waals surface area contributed by atoms with Gasteiger partial charge < -0.3 is 5.41 Å². The van der Waals surface area contributed by atoms with E-state index >= 15 is 0 Å². The molecule has 0 aromatic heterocycles. The zero-order chi connectivity index (χ0) is 7.28. The van der Waals surface area contributed by atoms with Gasteiger partial charge in [0.2, 0.25) is 0 Å². The van der Waals surface area contributed by atoms with Gasteiger partial charge in [-0.3, -0.25) is 4.99 Å². The summed E-state index contributed by atoms with van der Waals surface area (Å²) in [7, 11) is 0. The van der Waals surface area contributed by atoms with Crippen LogP contribution in [0.25, 0.3) is 0 Å². The van der Waals surface area contributed by atoms with Crippen LogP contribution in [-0.4, -0.2) is 11.9 Å². The van der Waals surface area contributed by atoms with Crippen LogP contribution in [0.5, 0.6) is 0 Å². The molecule has 50 valence electrons. The standard InChI is InChI=1S/C7H12N2/c1-6(2)9-7(3)4-5-8/h4-5,8H,1-3H3/b7-4-,8-5?. The molecule has 0 spiro atoms. The lowest BCUT2D eigenvalue weighted by Gasteiger charge is -1.89. The molecule has 0 aromatic carbocycles. The smallest absolute Gasteiger partial charge is 0.0386 e. The van der Waals surface area contributed by atoms with Crippen molar-refractivity contribution >= 4 is 11.9 Å². The van der Waals surface area contributed by atoms with Crippen molar-refractivity contribution in [3.8, 4) is 0 Å². The van der Waals surface area contributed by atoms with E-state index in [1.807, 2.05) is 20.8 Å². The van der Waals surface area contributed by atoms with E-state index in [9.17, 15) is 0 Å². The molecule has 0 saturated carbocycles. The molecule has 9 heavy (non-hydrogen) atoms. The van der Waals surface area contributed by atoms with E-state index in [-0.39, 0.29) is 0 Å². The molecule has 0 saturated heterocycles. The van der Waals surface area contributed by atoms with Crippen LogP contribution in [0, 0.1) is 5.41 Å². The summed E-state index contributed by atoms with van der Waals surface area (Å²) < 4.78 is 0. The van der Waals surface area contributed by atoms with Crippen molar-refractivity contribution in [1.82, 2.24) is 0 Å². The summed E-state index contributed by atoms with van der Waals surface area (Å²) in [6.45, 7) is 5.74. The molecule has 0 radical (unpaired) electrons. The first-order valence-electron chi connectivity index (χ1n) is 2.86. The lowest BCUT2D eigenvalue weighted by atomic mass is 10.4. The second kappa shape index (κ2) is 4.01. The van der Waals surface area contributed by atoms with Gasteiger partial charge in [-0.05, 0) is 26.8 Å². The van der Waals surface area contributed by atoms with Gasteiger partial charge in [0.05, 0.1) is 0 Å². The number of hydrogen-bond donors (Lipinski definition) is 1. The zero-order valence-electron chi connectivity index (χ0n) is 6.10. The summed E-state index contributed by atoms with van der Waals surface area (Å²) in [6.07, 6.45) is 2.90. The average Bonchev–Trinajstić information content (AvgIpc) is 1.63. The van der Waals surface area contributed by atoms with Crippen molar-refractivity contribution in [3.63, 3.8) is 0 Å². The molecule has 0 aliphatic rings. The monoisotopic (exact) mass is 124 g/mol. The Morgan fingerprint density at radius 1 is 1.33 bits per heavy atom. The minimum atomic E-state index is 0.880. The molecule has 0 fully saturated rings. The van der Waals surface area contributed by atoms with Crippen LogP contribution >= 0.6 is 0 Å². The Morgan fingerprint density at radius 3 is 2.22 bits per heavy atom. The first kappa shape index (κ1) is 8.08. The Morgan fingerprint density at radius 2 is 1.89 bits per heavy atom. The highest BCUT2D eigenvalue weighted by atomic mass is 14.7. The molecule has 0 unspecified atom stereocenters. The third-order valence-corrected chi connectivity index (χ3v) is 0.724. The van der Waals surface area contributed by atoms with Crippen molar-refractivity contribution in [2.75, 3.05) is 0 Å². The number of aliphatic imine (C=N–C) groups is 1. The lowest BCUT2D eigenvalue weighted by molar-refractivity contribution is 1.29. The molecule has 0 atom stereocenters. The van der Waals surface area contributed by atoms with E-state index in [1.54, 1.807) is 6.08 Å². The third kappa shape index (κ3) is 4.94. The minimum absolute atomic E-state index is 0.880. The number of allylic oxidation sites excluding steroid dienone is 2. The summed E-state index contributed by atoms with van der Waals surface area (Å²) in [5.41, 5.74) is 1.90. The maximum Gasteiger partial charge on any atom is 0.0386 e. The van der Waals surface area contributed by atoms with Gasteiger partial charge in [-0.1, -0.05) is 0 Å². The van der Waals surface area contributed by atoms with Gasteiger partial charge >= 0.3 is 0 Å². The quantitative estimate of drug-likeness (QED) is 0.547. The topological polar surface area (TPSA) is 36.2 Å². The Kier molecular flexibility index (Phi) is 3.60. The average molecular weight is 124 g/mol. The van der Waals surface area contributed by atoms with Crippen LogP contribution < -0.4 is 0 Å². The Hall–Kier alpha value is -0.920. The second-order valence-corrected chi connectivity index (χ2v) is 2.03. The van der Waals surface area contributed by atoms with E-state index in [2.05, 4.69) is 4.99 Å². The van der Waals surface area contributed by atoms with E-state index in [0.717, 1.165) is 11.4 Å². The molecule has 0 bridgehead atoms. The van der Waals surface area contributed by atoms with Crippen molar-refractivity contribution in [3.05, 3.63) is 11.8 Å². The first-order valence-corrected chi connectivity index (χ1v) is 2.86. The van der Waals surface area contributed by atoms with Crippen molar-refractivity contribution in [1.29, 1.82) is 5.41 Å². The van der Waals surface area contributed by atoms with Gasteiger partial charge in [0, 0.05) is 17.6 Å². The van der Waals surface area contributed by atoms with Crippen molar-refractivity contribution in [2.24, 2.45) is 4.99 Å². The van der Waals surface area contributed by atoms with Crippen LogP contribution in [0.1, 0.15) is 20.8 Å². The summed E-state index contributed by atoms with van der Waals surface area (Å²) >= 11 is 0. The molecular formula is C7H12N2. The molecule has 0 heterocycles. The molecule has 2 nitrogen and oxygen atoms in total.